The summed E-state index contributed by atoms with van der Waals surface area (Å²) in [6.45, 7) is -0.270. The molecule has 2 heterocycles. The van der Waals surface area contributed by atoms with Crippen molar-refractivity contribution in [3.8, 4) is 0 Å². The standard InChI is InChI=1S/C20H19Cl2N5O5S/c21-14-4-1-5-15(22)13(14)9-18-24-25-26-27(18)11-17(28)16(10-19(29)30)23-20(31)32-7-6-12-3-2-8-33-12/h1-5,8,16H,6-7,9-11H2,(H,23,31)(H,29,30). The summed E-state index contributed by atoms with van der Waals surface area (Å²) in [4.78, 5) is 37.1. The second-order valence-electron chi connectivity index (χ2n) is 6.86. The second-order valence-corrected chi connectivity index (χ2v) is 8.70. The molecule has 2 N–H and O–H groups in total. The van der Waals surface area contributed by atoms with E-state index in [0.29, 0.717) is 27.9 Å². The van der Waals surface area contributed by atoms with Crippen LogP contribution in [0, 0.1) is 0 Å². The predicted molar refractivity (Wildman–Crippen MR) is 121 cm³/mol. The molecule has 0 saturated heterocycles. The van der Waals surface area contributed by atoms with Gasteiger partial charge in [0.2, 0.25) is 0 Å². The van der Waals surface area contributed by atoms with Gasteiger partial charge in [-0.25, -0.2) is 9.48 Å². The highest BCUT2D eigenvalue weighted by atomic mass is 35.5. The molecular weight excluding hydrogens is 493 g/mol. The van der Waals surface area contributed by atoms with Gasteiger partial charge in [-0.15, -0.1) is 16.4 Å². The van der Waals surface area contributed by atoms with Crippen LogP contribution in [0.15, 0.2) is 35.7 Å². The van der Waals surface area contributed by atoms with Crippen LogP contribution in [-0.2, 0) is 33.7 Å². The van der Waals surface area contributed by atoms with Crippen molar-refractivity contribution >= 4 is 52.4 Å². The number of alkyl carbamates (subject to hydrolysis) is 1. The maximum absolute atomic E-state index is 12.8. The van der Waals surface area contributed by atoms with Gasteiger partial charge in [-0.1, -0.05) is 35.3 Å². The van der Waals surface area contributed by atoms with Gasteiger partial charge < -0.3 is 15.2 Å². The fraction of sp³-hybridized carbons (Fsp3) is 0.300. The van der Waals surface area contributed by atoms with Crippen LogP contribution in [0.4, 0.5) is 4.79 Å². The SMILES string of the molecule is O=C(O)CC(NC(=O)OCCc1cccs1)C(=O)Cn1nnnc1Cc1c(Cl)cccc1Cl. The minimum atomic E-state index is -1.32. The molecule has 0 saturated carbocycles. The van der Waals surface area contributed by atoms with Crippen molar-refractivity contribution in [2.75, 3.05) is 6.61 Å². The Labute approximate surface area is 202 Å². The van der Waals surface area contributed by atoms with Gasteiger partial charge in [0.25, 0.3) is 0 Å². The van der Waals surface area contributed by atoms with E-state index in [4.69, 9.17) is 33.0 Å². The average Bonchev–Trinajstić information content (AvgIpc) is 3.42. The van der Waals surface area contributed by atoms with Crippen LogP contribution in [0.5, 0.6) is 0 Å². The first-order chi connectivity index (χ1) is 15.8. The van der Waals surface area contributed by atoms with E-state index in [9.17, 15) is 14.4 Å². The molecule has 174 valence electrons. The minimum absolute atomic E-state index is 0.0933. The first-order valence-corrected chi connectivity index (χ1v) is 11.3. The number of hydrogen-bond acceptors (Lipinski definition) is 8. The zero-order valence-electron chi connectivity index (χ0n) is 17.1. The lowest BCUT2D eigenvalue weighted by atomic mass is 10.1. The summed E-state index contributed by atoms with van der Waals surface area (Å²) in [5, 5.41) is 25.5. The molecular formula is C20H19Cl2N5O5S. The fourth-order valence-corrected chi connectivity index (χ4v) is 4.11. The lowest BCUT2D eigenvalue weighted by Crippen LogP contribution is -2.44. The second kappa shape index (κ2) is 11.7. The Morgan fingerprint density at radius 2 is 1.94 bits per heavy atom. The van der Waals surface area contributed by atoms with E-state index < -0.39 is 30.3 Å². The van der Waals surface area contributed by atoms with E-state index in [-0.39, 0.29) is 19.6 Å². The van der Waals surface area contributed by atoms with Gasteiger partial charge in [-0.05, 0) is 39.6 Å². The highest BCUT2D eigenvalue weighted by Crippen LogP contribution is 2.26. The van der Waals surface area contributed by atoms with Crippen LogP contribution in [0.3, 0.4) is 0 Å². The van der Waals surface area contributed by atoms with Crippen molar-refractivity contribution in [2.24, 2.45) is 0 Å². The summed E-state index contributed by atoms with van der Waals surface area (Å²) >= 11 is 13.9. The lowest BCUT2D eigenvalue weighted by Gasteiger charge is -2.16. The van der Waals surface area contributed by atoms with Gasteiger partial charge in [0.05, 0.1) is 13.0 Å². The number of nitrogens with zero attached hydrogens (tertiary/aromatic N) is 4. The number of halogens is 2. The van der Waals surface area contributed by atoms with E-state index in [0.717, 1.165) is 4.88 Å². The smallest absolute Gasteiger partial charge is 0.407 e. The quantitative estimate of drug-likeness (QED) is 0.400. The lowest BCUT2D eigenvalue weighted by molar-refractivity contribution is -0.139. The molecule has 0 aliphatic carbocycles. The molecule has 1 unspecified atom stereocenters. The van der Waals surface area contributed by atoms with Crippen LogP contribution in [0.25, 0.3) is 0 Å². The normalized spacial score (nSPS) is 11.7. The number of thiophene rings is 1. The van der Waals surface area contributed by atoms with Gasteiger partial charge in [0.15, 0.2) is 11.6 Å². The molecule has 1 aromatic carbocycles. The van der Waals surface area contributed by atoms with Crippen molar-refractivity contribution in [3.63, 3.8) is 0 Å². The molecule has 33 heavy (non-hydrogen) atoms. The number of carbonyl (C=O) groups excluding carboxylic acids is 2. The Kier molecular flexibility index (Phi) is 8.75. The zero-order chi connectivity index (χ0) is 23.8. The Balaban J connectivity index is 1.62. The summed E-state index contributed by atoms with van der Waals surface area (Å²) in [5.41, 5.74) is 0.582. The number of carboxylic acid groups (broad SMARTS) is 1. The van der Waals surface area contributed by atoms with E-state index in [1.54, 1.807) is 18.2 Å². The van der Waals surface area contributed by atoms with Gasteiger partial charge in [-0.2, -0.15) is 0 Å². The largest absolute Gasteiger partial charge is 0.481 e. The summed E-state index contributed by atoms with van der Waals surface area (Å²) in [6, 6.07) is 7.49. The fourth-order valence-electron chi connectivity index (χ4n) is 2.89. The number of Topliss-reactive ketones (excluding diaryl/α,β-unsaturated/α-hetero) is 1. The third-order valence-corrected chi connectivity index (χ3v) is 6.17. The first kappa shape index (κ1) is 24.6. The van der Waals surface area contributed by atoms with Gasteiger partial charge >= 0.3 is 12.1 Å². The molecule has 10 nitrogen and oxygen atoms in total. The number of tetrazole rings is 1. The molecule has 13 heteroatoms. The number of nitrogens with one attached hydrogen (secondary N) is 1. The Hall–Kier alpha value is -3.02. The van der Waals surface area contributed by atoms with Crippen LogP contribution in [-0.4, -0.2) is 55.8 Å². The third kappa shape index (κ3) is 7.24. The predicted octanol–water partition coefficient (Wildman–Crippen LogP) is 3.01. The number of ketones is 1. The molecule has 0 bridgehead atoms. The number of hydrogen-bond donors (Lipinski definition) is 2. The molecule has 0 aliphatic rings. The topological polar surface area (TPSA) is 136 Å². The van der Waals surface area contributed by atoms with Crippen LogP contribution in [0.2, 0.25) is 10.0 Å². The highest BCUT2D eigenvalue weighted by molar-refractivity contribution is 7.09. The summed E-state index contributed by atoms with van der Waals surface area (Å²) < 4.78 is 6.29. The molecule has 1 atom stereocenters. The number of ether oxygens (including phenoxy) is 1. The van der Waals surface area contributed by atoms with E-state index in [1.165, 1.54) is 16.0 Å². The van der Waals surface area contributed by atoms with Crippen molar-refractivity contribution in [1.29, 1.82) is 0 Å². The molecule has 3 aromatic rings. The number of carbonyl (C=O) groups is 3. The number of aromatic nitrogens is 4. The Morgan fingerprint density at radius 1 is 1.18 bits per heavy atom. The molecule has 0 aliphatic heterocycles. The monoisotopic (exact) mass is 511 g/mol. The number of rotatable bonds is 11. The number of amides is 1. The molecule has 0 spiro atoms. The van der Waals surface area contributed by atoms with Crippen LogP contribution >= 0.6 is 34.5 Å². The van der Waals surface area contributed by atoms with Crippen molar-refractivity contribution in [3.05, 3.63) is 62.0 Å². The van der Waals surface area contributed by atoms with Gasteiger partial charge in [0.1, 0.15) is 12.6 Å². The van der Waals surface area contributed by atoms with Gasteiger partial charge in [-0.3, -0.25) is 9.59 Å². The molecule has 1 amide bonds. The van der Waals surface area contributed by atoms with E-state index in [2.05, 4.69) is 20.8 Å². The van der Waals surface area contributed by atoms with Crippen molar-refractivity contribution < 1.29 is 24.2 Å². The third-order valence-electron chi connectivity index (χ3n) is 4.53. The van der Waals surface area contributed by atoms with E-state index in [1.807, 2.05) is 17.5 Å². The van der Waals surface area contributed by atoms with Crippen LogP contribution in [0.1, 0.15) is 22.7 Å². The zero-order valence-corrected chi connectivity index (χ0v) is 19.4. The maximum Gasteiger partial charge on any atom is 0.407 e. The number of benzene rings is 1. The molecule has 3 rings (SSSR count). The first-order valence-electron chi connectivity index (χ1n) is 9.71. The maximum atomic E-state index is 12.8. The molecule has 2 aromatic heterocycles. The minimum Gasteiger partial charge on any atom is -0.481 e. The van der Waals surface area contributed by atoms with Crippen molar-refractivity contribution in [2.45, 2.75) is 31.8 Å². The number of aliphatic carboxylic acids is 1. The average molecular weight is 512 g/mol. The van der Waals surface area contributed by atoms with E-state index >= 15 is 0 Å². The molecule has 0 fully saturated rings. The Morgan fingerprint density at radius 3 is 2.61 bits per heavy atom. The van der Waals surface area contributed by atoms with Crippen LogP contribution < -0.4 is 5.32 Å². The summed E-state index contributed by atoms with van der Waals surface area (Å²) in [6.07, 6.45) is -0.833. The number of carboxylic acids is 1. The molecule has 0 radical (unpaired) electrons. The Bertz CT molecular complexity index is 1100. The van der Waals surface area contributed by atoms with Gasteiger partial charge in [0, 0.05) is 27.8 Å². The van der Waals surface area contributed by atoms with Crippen molar-refractivity contribution in [1.82, 2.24) is 25.5 Å². The summed E-state index contributed by atoms with van der Waals surface area (Å²) in [5.74, 6) is -1.57. The summed E-state index contributed by atoms with van der Waals surface area (Å²) in [7, 11) is 0. The highest BCUT2D eigenvalue weighted by Gasteiger charge is 2.26.